The van der Waals surface area contributed by atoms with Crippen LogP contribution in [0.5, 0.6) is 5.75 Å². The van der Waals surface area contributed by atoms with Gasteiger partial charge in [-0.1, -0.05) is 50.2 Å². The lowest BCUT2D eigenvalue weighted by molar-refractivity contribution is 0.204. The van der Waals surface area contributed by atoms with Crippen molar-refractivity contribution in [2.24, 2.45) is 5.41 Å². The number of hydrogen-bond donors (Lipinski definition) is 3. The first-order valence-corrected chi connectivity index (χ1v) is 8.42. The minimum atomic E-state index is -0.266. The Balaban J connectivity index is 1.92. The van der Waals surface area contributed by atoms with Crippen LogP contribution in [-0.2, 0) is 6.61 Å². The molecule has 0 atom stereocenters. The van der Waals surface area contributed by atoms with Gasteiger partial charge in [0.25, 0.3) is 0 Å². The maximum absolute atomic E-state index is 12.2. The molecule has 0 aliphatic carbocycles. The Bertz CT molecular complexity index is 672. The second-order valence-corrected chi connectivity index (χ2v) is 6.70. The second kappa shape index (κ2) is 9.08. The Hall–Kier alpha value is -2.53. The van der Waals surface area contributed by atoms with Crippen LogP contribution in [0, 0.1) is 5.41 Å². The summed E-state index contributed by atoms with van der Waals surface area (Å²) in [5, 5.41) is 14.8. The predicted octanol–water partition coefficient (Wildman–Crippen LogP) is 3.80. The van der Waals surface area contributed by atoms with Gasteiger partial charge < -0.3 is 20.5 Å². The predicted molar refractivity (Wildman–Crippen MR) is 99.7 cm³/mol. The smallest absolute Gasteiger partial charge is 0.319 e. The number of benzene rings is 2. The number of para-hydroxylation sites is 2. The average molecular weight is 342 g/mol. The number of hydrogen-bond acceptors (Lipinski definition) is 3. The van der Waals surface area contributed by atoms with E-state index in [1.807, 2.05) is 68.4 Å². The third-order valence-electron chi connectivity index (χ3n) is 3.92. The van der Waals surface area contributed by atoms with Crippen molar-refractivity contribution in [2.45, 2.75) is 26.9 Å². The maximum atomic E-state index is 12.2. The van der Waals surface area contributed by atoms with E-state index in [0.717, 1.165) is 17.0 Å². The molecule has 0 fully saturated rings. The summed E-state index contributed by atoms with van der Waals surface area (Å²) in [6, 6.07) is 16.9. The van der Waals surface area contributed by atoms with E-state index in [2.05, 4.69) is 10.6 Å². The van der Waals surface area contributed by atoms with E-state index in [4.69, 9.17) is 9.84 Å². The highest BCUT2D eigenvalue weighted by Gasteiger charge is 2.18. The standard InChI is InChI=1S/C20H26N2O3/c1-20(2,12-13-23)15-21-19(24)22-18-11-7-6-8-16(18)14-25-17-9-4-3-5-10-17/h3-11,23H,12-15H2,1-2H3,(H2,21,22,24). The number of ether oxygens (including phenoxy) is 1. The number of amides is 2. The number of rotatable bonds is 8. The van der Waals surface area contributed by atoms with Crippen molar-refractivity contribution in [1.29, 1.82) is 0 Å². The molecule has 5 nitrogen and oxygen atoms in total. The van der Waals surface area contributed by atoms with Crippen molar-refractivity contribution in [3.63, 3.8) is 0 Å². The number of urea groups is 1. The first-order chi connectivity index (χ1) is 12.0. The van der Waals surface area contributed by atoms with Gasteiger partial charge in [0.15, 0.2) is 0 Å². The van der Waals surface area contributed by atoms with Crippen molar-refractivity contribution in [2.75, 3.05) is 18.5 Å². The Morgan fingerprint density at radius 2 is 1.76 bits per heavy atom. The molecular formula is C20H26N2O3. The Kier molecular flexibility index (Phi) is 6.83. The van der Waals surface area contributed by atoms with Crippen LogP contribution in [0.25, 0.3) is 0 Å². The van der Waals surface area contributed by atoms with Gasteiger partial charge in [0.1, 0.15) is 12.4 Å². The van der Waals surface area contributed by atoms with Crippen LogP contribution in [0.15, 0.2) is 54.6 Å². The fraction of sp³-hybridized carbons (Fsp3) is 0.350. The van der Waals surface area contributed by atoms with Crippen molar-refractivity contribution in [3.05, 3.63) is 60.2 Å². The average Bonchev–Trinajstić information content (AvgIpc) is 2.60. The van der Waals surface area contributed by atoms with Gasteiger partial charge in [0, 0.05) is 24.4 Å². The Morgan fingerprint density at radius 3 is 2.48 bits per heavy atom. The van der Waals surface area contributed by atoms with E-state index in [0.29, 0.717) is 19.6 Å². The fourth-order valence-electron chi connectivity index (χ4n) is 2.32. The van der Waals surface area contributed by atoms with Gasteiger partial charge in [-0.25, -0.2) is 4.79 Å². The molecule has 2 aromatic rings. The summed E-state index contributed by atoms with van der Waals surface area (Å²) >= 11 is 0. The summed E-state index contributed by atoms with van der Waals surface area (Å²) in [5.74, 6) is 0.785. The molecule has 0 saturated heterocycles. The molecule has 0 saturated carbocycles. The van der Waals surface area contributed by atoms with Crippen LogP contribution < -0.4 is 15.4 Å². The normalized spacial score (nSPS) is 11.0. The summed E-state index contributed by atoms with van der Waals surface area (Å²) in [6.45, 7) is 4.98. The summed E-state index contributed by atoms with van der Waals surface area (Å²) in [6.07, 6.45) is 0.634. The van der Waals surface area contributed by atoms with Gasteiger partial charge in [0.05, 0.1) is 0 Å². The summed E-state index contributed by atoms with van der Waals surface area (Å²) in [4.78, 5) is 12.2. The zero-order valence-corrected chi connectivity index (χ0v) is 14.8. The molecule has 0 heterocycles. The van der Waals surface area contributed by atoms with Crippen molar-refractivity contribution in [1.82, 2.24) is 5.32 Å². The van der Waals surface area contributed by atoms with Crippen molar-refractivity contribution < 1.29 is 14.6 Å². The van der Waals surface area contributed by atoms with E-state index >= 15 is 0 Å². The van der Waals surface area contributed by atoms with E-state index in [9.17, 15) is 4.79 Å². The van der Waals surface area contributed by atoms with Crippen LogP contribution >= 0.6 is 0 Å². The van der Waals surface area contributed by atoms with Gasteiger partial charge in [-0.3, -0.25) is 0 Å². The van der Waals surface area contributed by atoms with Crippen molar-refractivity contribution >= 4 is 11.7 Å². The Morgan fingerprint density at radius 1 is 1.08 bits per heavy atom. The van der Waals surface area contributed by atoms with E-state index in [-0.39, 0.29) is 18.1 Å². The lowest BCUT2D eigenvalue weighted by atomic mass is 9.90. The van der Waals surface area contributed by atoms with Crippen LogP contribution in [0.4, 0.5) is 10.5 Å². The van der Waals surface area contributed by atoms with Gasteiger partial charge >= 0.3 is 6.03 Å². The number of aliphatic hydroxyl groups is 1. The summed E-state index contributed by atoms with van der Waals surface area (Å²) < 4.78 is 5.76. The van der Waals surface area contributed by atoms with Gasteiger partial charge in [-0.15, -0.1) is 0 Å². The fourth-order valence-corrected chi connectivity index (χ4v) is 2.32. The molecule has 5 heteroatoms. The minimum Gasteiger partial charge on any atom is -0.489 e. The van der Waals surface area contributed by atoms with Crippen LogP contribution in [-0.4, -0.2) is 24.3 Å². The number of nitrogens with one attached hydrogen (secondary N) is 2. The lowest BCUT2D eigenvalue weighted by Gasteiger charge is -2.24. The molecule has 0 bridgehead atoms. The van der Waals surface area contributed by atoms with E-state index in [1.165, 1.54) is 0 Å². The van der Waals surface area contributed by atoms with E-state index < -0.39 is 0 Å². The highest BCUT2D eigenvalue weighted by Crippen LogP contribution is 2.20. The molecule has 2 amide bonds. The summed E-state index contributed by atoms with van der Waals surface area (Å²) in [5.41, 5.74) is 1.47. The third-order valence-corrected chi connectivity index (χ3v) is 3.92. The van der Waals surface area contributed by atoms with Gasteiger partial charge in [-0.2, -0.15) is 0 Å². The number of carbonyl (C=O) groups excluding carboxylic acids is 1. The number of carbonyl (C=O) groups is 1. The first-order valence-electron chi connectivity index (χ1n) is 8.42. The Labute approximate surface area is 149 Å². The maximum Gasteiger partial charge on any atom is 0.319 e. The molecular weight excluding hydrogens is 316 g/mol. The lowest BCUT2D eigenvalue weighted by Crippen LogP contribution is -2.37. The first kappa shape index (κ1) is 18.8. The largest absolute Gasteiger partial charge is 0.489 e. The molecule has 0 radical (unpaired) electrons. The molecule has 3 N–H and O–H groups in total. The highest BCUT2D eigenvalue weighted by molar-refractivity contribution is 5.90. The molecule has 134 valence electrons. The minimum absolute atomic E-state index is 0.107. The number of anilines is 1. The molecule has 0 aliphatic rings. The molecule has 25 heavy (non-hydrogen) atoms. The van der Waals surface area contributed by atoms with Crippen molar-refractivity contribution in [3.8, 4) is 5.75 Å². The second-order valence-electron chi connectivity index (χ2n) is 6.70. The topological polar surface area (TPSA) is 70.6 Å². The molecule has 2 aromatic carbocycles. The number of aliphatic hydroxyl groups excluding tert-OH is 1. The zero-order chi connectivity index (χ0) is 18.1. The SMILES string of the molecule is CC(C)(CCO)CNC(=O)Nc1ccccc1COc1ccccc1. The summed E-state index contributed by atoms with van der Waals surface area (Å²) in [7, 11) is 0. The van der Waals surface area contributed by atoms with Gasteiger partial charge in [-0.05, 0) is 30.0 Å². The molecule has 0 spiro atoms. The molecule has 0 aliphatic heterocycles. The van der Waals surface area contributed by atoms with Crippen LogP contribution in [0.1, 0.15) is 25.8 Å². The van der Waals surface area contributed by atoms with Gasteiger partial charge in [0.2, 0.25) is 0 Å². The third kappa shape index (κ3) is 6.47. The molecule has 2 rings (SSSR count). The molecule has 0 aromatic heterocycles. The molecule has 0 unspecified atom stereocenters. The van der Waals surface area contributed by atoms with Crippen LogP contribution in [0.3, 0.4) is 0 Å². The zero-order valence-electron chi connectivity index (χ0n) is 14.8. The monoisotopic (exact) mass is 342 g/mol. The quantitative estimate of drug-likeness (QED) is 0.683. The van der Waals surface area contributed by atoms with Crippen LogP contribution in [0.2, 0.25) is 0 Å². The highest BCUT2D eigenvalue weighted by atomic mass is 16.5. The van der Waals surface area contributed by atoms with E-state index in [1.54, 1.807) is 0 Å².